The van der Waals surface area contributed by atoms with Crippen LogP contribution in [0.15, 0.2) is 18.3 Å². The van der Waals surface area contributed by atoms with E-state index in [1.165, 1.54) is 19.3 Å². The Morgan fingerprint density at radius 3 is 2.89 bits per heavy atom. The zero-order valence-corrected chi connectivity index (χ0v) is 12.9. The average Bonchev–Trinajstić information content (AvgIpc) is 2.37. The molecule has 0 aliphatic heterocycles. The highest BCUT2D eigenvalue weighted by molar-refractivity contribution is 6.30. The van der Waals surface area contributed by atoms with Crippen LogP contribution in [0.5, 0.6) is 0 Å². The van der Waals surface area contributed by atoms with Crippen molar-refractivity contribution in [2.75, 3.05) is 0 Å². The quantitative estimate of drug-likeness (QED) is 0.746. The molecule has 1 aliphatic rings. The van der Waals surface area contributed by atoms with Crippen molar-refractivity contribution in [1.82, 2.24) is 4.98 Å². The summed E-state index contributed by atoms with van der Waals surface area (Å²) in [5, 5.41) is 0.562. The summed E-state index contributed by atoms with van der Waals surface area (Å²) in [6, 6.07) is 3.90. The van der Waals surface area contributed by atoms with Crippen LogP contribution in [-0.4, -0.2) is 11.1 Å². The fourth-order valence-electron chi connectivity index (χ4n) is 3.03. The van der Waals surface area contributed by atoms with Crippen molar-refractivity contribution in [3.8, 4) is 0 Å². The van der Waals surface area contributed by atoms with Gasteiger partial charge in [-0.1, -0.05) is 44.9 Å². The molecule has 0 amide bonds. The van der Waals surface area contributed by atoms with Gasteiger partial charge >= 0.3 is 0 Å². The van der Waals surface area contributed by atoms with Gasteiger partial charge in [-0.3, -0.25) is 0 Å². The van der Waals surface area contributed by atoms with E-state index in [0.29, 0.717) is 29.7 Å². The largest absolute Gasteiger partial charge is 0.373 e. The van der Waals surface area contributed by atoms with Crippen LogP contribution in [-0.2, 0) is 11.3 Å². The Labute approximate surface area is 121 Å². The molecule has 1 fully saturated rings. The molecule has 0 aromatic carbocycles. The Morgan fingerprint density at radius 2 is 2.21 bits per heavy atom. The Balaban J connectivity index is 1.97. The highest BCUT2D eigenvalue weighted by atomic mass is 35.5. The molecule has 2 nitrogen and oxygen atoms in total. The van der Waals surface area contributed by atoms with Gasteiger partial charge in [-0.2, -0.15) is 0 Å². The van der Waals surface area contributed by atoms with E-state index in [2.05, 4.69) is 25.8 Å². The van der Waals surface area contributed by atoms with Gasteiger partial charge in [0.1, 0.15) is 5.15 Å². The highest BCUT2D eigenvalue weighted by Gasteiger charge is 2.31. The first kappa shape index (κ1) is 14.8. The summed E-state index contributed by atoms with van der Waals surface area (Å²) in [4.78, 5) is 4.10. The minimum Gasteiger partial charge on any atom is -0.373 e. The number of ether oxygens (including phenoxy) is 1. The number of aromatic nitrogens is 1. The number of hydrogen-bond donors (Lipinski definition) is 0. The monoisotopic (exact) mass is 281 g/mol. The van der Waals surface area contributed by atoms with Crippen molar-refractivity contribution in [3.63, 3.8) is 0 Å². The van der Waals surface area contributed by atoms with Gasteiger partial charge < -0.3 is 4.74 Å². The van der Waals surface area contributed by atoms with Gasteiger partial charge in [-0.15, -0.1) is 0 Å². The molecule has 3 heteroatoms. The SMILES string of the molecule is CC1CCC(C(C)C)C(OCc2cccnc2Cl)C1. The molecule has 106 valence electrons. The van der Waals surface area contributed by atoms with E-state index in [9.17, 15) is 0 Å². The standard InChI is InChI=1S/C16H24ClNO/c1-11(2)14-7-6-12(3)9-15(14)19-10-13-5-4-8-18-16(13)17/h4-5,8,11-12,14-15H,6-7,9-10H2,1-3H3. The van der Waals surface area contributed by atoms with E-state index in [1.54, 1.807) is 6.20 Å². The average molecular weight is 282 g/mol. The minimum absolute atomic E-state index is 0.361. The van der Waals surface area contributed by atoms with Gasteiger partial charge in [0.25, 0.3) is 0 Å². The number of pyridine rings is 1. The smallest absolute Gasteiger partial charge is 0.134 e. The summed E-state index contributed by atoms with van der Waals surface area (Å²) in [5.74, 6) is 2.12. The van der Waals surface area contributed by atoms with E-state index in [4.69, 9.17) is 16.3 Å². The topological polar surface area (TPSA) is 22.1 Å². The van der Waals surface area contributed by atoms with Gasteiger partial charge in [-0.25, -0.2) is 4.98 Å². The van der Waals surface area contributed by atoms with E-state index in [0.717, 1.165) is 11.5 Å². The summed E-state index contributed by atoms with van der Waals surface area (Å²) in [5.41, 5.74) is 0.991. The van der Waals surface area contributed by atoms with Crippen LogP contribution in [0, 0.1) is 17.8 Å². The summed E-state index contributed by atoms with van der Waals surface area (Å²) in [6.45, 7) is 7.50. The van der Waals surface area contributed by atoms with Crippen LogP contribution >= 0.6 is 11.6 Å². The van der Waals surface area contributed by atoms with Crippen molar-refractivity contribution in [3.05, 3.63) is 29.0 Å². The lowest BCUT2D eigenvalue weighted by Gasteiger charge is -2.37. The molecule has 1 aliphatic carbocycles. The predicted molar refractivity (Wildman–Crippen MR) is 79.2 cm³/mol. The molecule has 0 saturated heterocycles. The van der Waals surface area contributed by atoms with Gasteiger partial charge in [0.2, 0.25) is 0 Å². The van der Waals surface area contributed by atoms with Crippen LogP contribution in [0.2, 0.25) is 5.15 Å². The van der Waals surface area contributed by atoms with Crippen LogP contribution in [0.1, 0.15) is 45.6 Å². The molecule has 2 rings (SSSR count). The maximum atomic E-state index is 6.17. The second-order valence-corrected chi connectivity index (χ2v) is 6.49. The van der Waals surface area contributed by atoms with Crippen molar-refractivity contribution in [1.29, 1.82) is 0 Å². The summed E-state index contributed by atoms with van der Waals surface area (Å²) >= 11 is 6.08. The number of rotatable bonds is 4. The lowest BCUT2D eigenvalue weighted by molar-refractivity contribution is -0.0473. The summed E-state index contributed by atoms with van der Waals surface area (Å²) < 4.78 is 6.17. The van der Waals surface area contributed by atoms with Gasteiger partial charge in [0.15, 0.2) is 0 Å². The Kier molecular flexibility index (Phi) is 5.23. The third kappa shape index (κ3) is 3.93. The van der Waals surface area contributed by atoms with Crippen LogP contribution < -0.4 is 0 Å². The zero-order valence-electron chi connectivity index (χ0n) is 12.1. The Morgan fingerprint density at radius 1 is 1.42 bits per heavy atom. The van der Waals surface area contributed by atoms with E-state index < -0.39 is 0 Å². The maximum Gasteiger partial charge on any atom is 0.134 e. The third-order valence-electron chi connectivity index (χ3n) is 4.25. The van der Waals surface area contributed by atoms with Crippen LogP contribution in [0.4, 0.5) is 0 Å². The Bertz CT molecular complexity index is 407. The molecule has 0 N–H and O–H groups in total. The molecule has 3 atom stereocenters. The molecular weight excluding hydrogens is 258 g/mol. The number of hydrogen-bond acceptors (Lipinski definition) is 2. The molecule has 19 heavy (non-hydrogen) atoms. The van der Waals surface area contributed by atoms with E-state index >= 15 is 0 Å². The molecule has 0 radical (unpaired) electrons. The van der Waals surface area contributed by atoms with Crippen molar-refractivity contribution < 1.29 is 4.74 Å². The molecule has 1 aromatic heterocycles. The van der Waals surface area contributed by atoms with Gasteiger partial charge in [0.05, 0.1) is 12.7 Å². The van der Waals surface area contributed by atoms with Crippen LogP contribution in [0.3, 0.4) is 0 Å². The lowest BCUT2D eigenvalue weighted by atomic mass is 9.75. The van der Waals surface area contributed by atoms with Crippen molar-refractivity contribution >= 4 is 11.6 Å². The van der Waals surface area contributed by atoms with Crippen molar-refractivity contribution in [2.24, 2.45) is 17.8 Å². The predicted octanol–water partition coefficient (Wildman–Crippen LogP) is 4.71. The second kappa shape index (κ2) is 6.71. The first-order chi connectivity index (χ1) is 9.08. The zero-order chi connectivity index (χ0) is 13.8. The van der Waals surface area contributed by atoms with Gasteiger partial charge in [0, 0.05) is 11.8 Å². The molecule has 1 heterocycles. The van der Waals surface area contributed by atoms with Crippen molar-refractivity contribution in [2.45, 2.75) is 52.7 Å². The van der Waals surface area contributed by atoms with E-state index in [-0.39, 0.29) is 0 Å². The highest BCUT2D eigenvalue weighted by Crippen LogP contribution is 2.35. The number of halogens is 1. The molecule has 0 bridgehead atoms. The summed E-state index contributed by atoms with van der Waals surface area (Å²) in [7, 11) is 0. The molecule has 3 unspecified atom stereocenters. The normalized spacial score (nSPS) is 27.7. The number of nitrogens with zero attached hydrogens (tertiary/aromatic N) is 1. The maximum absolute atomic E-state index is 6.17. The lowest BCUT2D eigenvalue weighted by Crippen LogP contribution is -2.34. The fourth-order valence-corrected chi connectivity index (χ4v) is 3.20. The Hall–Kier alpha value is -0.600. The first-order valence-electron chi connectivity index (χ1n) is 7.29. The second-order valence-electron chi connectivity index (χ2n) is 6.13. The summed E-state index contributed by atoms with van der Waals surface area (Å²) in [6.07, 6.45) is 5.85. The molecule has 1 saturated carbocycles. The third-order valence-corrected chi connectivity index (χ3v) is 4.59. The molecule has 0 spiro atoms. The molecule has 1 aromatic rings. The van der Waals surface area contributed by atoms with Crippen LogP contribution in [0.25, 0.3) is 0 Å². The van der Waals surface area contributed by atoms with Gasteiger partial charge in [-0.05, 0) is 36.7 Å². The minimum atomic E-state index is 0.361. The molecular formula is C16H24ClNO. The first-order valence-corrected chi connectivity index (χ1v) is 7.66. The fraction of sp³-hybridized carbons (Fsp3) is 0.688. The van der Waals surface area contributed by atoms with E-state index in [1.807, 2.05) is 12.1 Å².